The van der Waals surface area contributed by atoms with E-state index in [9.17, 15) is 25.2 Å². The van der Waals surface area contributed by atoms with Gasteiger partial charge in [0.25, 0.3) is 0 Å². The highest BCUT2D eigenvalue weighted by atomic mass is 16.5. The van der Waals surface area contributed by atoms with Gasteiger partial charge in [0.1, 0.15) is 36.5 Å². The minimum absolute atomic E-state index is 0.0312. The van der Waals surface area contributed by atoms with Gasteiger partial charge in [0, 0.05) is 13.3 Å². The molecule has 0 fully saturated rings. The molecule has 0 amide bonds. The first-order valence-corrected chi connectivity index (χ1v) is 11.0. The molecule has 4 atom stereocenters. The minimum atomic E-state index is -1.72. The number of nitrogen functional groups attached to an aromatic ring is 1. The molecule has 0 aliphatic rings. The van der Waals surface area contributed by atoms with E-state index in [1.807, 2.05) is 0 Å². The third-order valence-corrected chi connectivity index (χ3v) is 5.33. The molecule has 2 aromatic heterocycles. The van der Waals surface area contributed by atoms with Gasteiger partial charge in [0.15, 0.2) is 11.5 Å². The molecule has 2 heterocycles. The van der Waals surface area contributed by atoms with Crippen molar-refractivity contribution in [2.75, 3.05) is 32.7 Å². The van der Waals surface area contributed by atoms with Crippen molar-refractivity contribution in [3.63, 3.8) is 0 Å². The maximum absolute atomic E-state index is 12.5. The standard InChI is InChI=1S/C22H30N6O8/c1-35-6-7-36-21-26-19(23)16-20(27-21)28(22(34)25-16)10-13-4-2-12(3-5-13)8-24-9-14(30)17(32)18(33)15(31)11-29/h2-5,9,14-15,17-18,29-33H,6-8,10-11H2,1H3,(H,25,34)(H2,23,26,27). The maximum atomic E-state index is 12.5. The van der Waals surface area contributed by atoms with Crippen LogP contribution in [0.4, 0.5) is 5.82 Å². The first-order chi connectivity index (χ1) is 17.2. The summed E-state index contributed by atoms with van der Waals surface area (Å²) in [5.41, 5.74) is 7.72. The number of imidazole rings is 1. The number of aliphatic hydroxyl groups is 5. The average molecular weight is 507 g/mol. The molecule has 0 saturated heterocycles. The van der Waals surface area contributed by atoms with Gasteiger partial charge < -0.3 is 45.7 Å². The number of nitrogens with two attached hydrogens (primary N) is 1. The Balaban J connectivity index is 1.67. The van der Waals surface area contributed by atoms with Gasteiger partial charge in [-0.1, -0.05) is 24.3 Å². The fourth-order valence-corrected chi connectivity index (χ4v) is 3.28. The molecule has 14 nitrogen and oxygen atoms in total. The molecule has 196 valence electrons. The van der Waals surface area contributed by atoms with Gasteiger partial charge in [0.05, 0.1) is 26.3 Å². The molecule has 0 aliphatic carbocycles. The van der Waals surface area contributed by atoms with Crippen LogP contribution < -0.4 is 16.2 Å². The summed E-state index contributed by atoms with van der Waals surface area (Å²) in [4.78, 5) is 27.5. The van der Waals surface area contributed by atoms with E-state index in [2.05, 4.69) is 19.9 Å². The van der Waals surface area contributed by atoms with Crippen LogP contribution in [0.1, 0.15) is 11.1 Å². The van der Waals surface area contributed by atoms with Gasteiger partial charge >= 0.3 is 11.7 Å². The topological polar surface area (TPSA) is 222 Å². The van der Waals surface area contributed by atoms with E-state index in [1.165, 1.54) is 11.7 Å². The molecule has 36 heavy (non-hydrogen) atoms. The average Bonchev–Trinajstić information content (AvgIpc) is 3.19. The van der Waals surface area contributed by atoms with E-state index >= 15 is 0 Å². The normalized spacial score (nSPS) is 15.3. The SMILES string of the molecule is COCCOc1nc(N)c2[nH]c(=O)n(Cc3ccc(CN=CC(O)C(O)C(O)C(O)CO)cc3)c2n1. The number of benzene rings is 1. The third kappa shape index (κ3) is 6.63. The predicted molar refractivity (Wildman–Crippen MR) is 129 cm³/mol. The van der Waals surface area contributed by atoms with Crippen LogP contribution in [0.5, 0.6) is 6.01 Å². The molecule has 8 N–H and O–H groups in total. The Morgan fingerprint density at radius 2 is 1.81 bits per heavy atom. The molecule has 4 unspecified atom stereocenters. The van der Waals surface area contributed by atoms with Crippen molar-refractivity contribution < 1.29 is 35.0 Å². The fourth-order valence-electron chi connectivity index (χ4n) is 3.28. The summed E-state index contributed by atoms with van der Waals surface area (Å²) in [6, 6.07) is 7.18. The largest absolute Gasteiger partial charge is 0.461 e. The smallest absolute Gasteiger partial charge is 0.328 e. The minimum Gasteiger partial charge on any atom is -0.461 e. The number of aliphatic hydroxyl groups excluding tert-OH is 5. The number of hydrogen-bond acceptors (Lipinski definition) is 12. The van der Waals surface area contributed by atoms with Crippen molar-refractivity contribution in [2.24, 2.45) is 4.99 Å². The molecular formula is C22H30N6O8. The lowest BCUT2D eigenvalue weighted by molar-refractivity contribution is -0.0999. The summed E-state index contributed by atoms with van der Waals surface area (Å²) in [5.74, 6) is 0.0853. The summed E-state index contributed by atoms with van der Waals surface area (Å²) in [6.07, 6.45) is -5.51. The molecule has 0 spiro atoms. The highest BCUT2D eigenvalue weighted by Gasteiger charge is 2.29. The van der Waals surface area contributed by atoms with E-state index in [4.69, 9.17) is 20.3 Å². The van der Waals surface area contributed by atoms with Crippen molar-refractivity contribution in [3.8, 4) is 6.01 Å². The summed E-state index contributed by atoms with van der Waals surface area (Å²) in [7, 11) is 1.54. The van der Waals surface area contributed by atoms with E-state index in [1.54, 1.807) is 24.3 Å². The summed E-state index contributed by atoms with van der Waals surface area (Å²) in [5, 5.41) is 47.5. The molecule has 3 aromatic rings. The molecule has 1 aromatic carbocycles. The summed E-state index contributed by atoms with van der Waals surface area (Å²) < 4.78 is 11.8. The van der Waals surface area contributed by atoms with Crippen molar-refractivity contribution in [1.82, 2.24) is 19.5 Å². The number of H-pyrrole nitrogens is 1. The van der Waals surface area contributed by atoms with E-state index in [0.29, 0.717) is 17.8 Å². The molecule has 14 heteroatoms. The number of nitrogens with one attached hydrogen (secondary N) is 1. The number of aromatic amines is 1. The first-order valence-electron chi connectivity index (χ1n) is 11.0. The lowest BCUT2D eigenvalue weighted by atomic mass is 10.0. The van der Waals surface area contributed by atoms with Crippen molar-refractivity contribution >= 4 is 23.2 Å². The molecular weight excluding hydrogens is 476 g/mol. The number of fused-ring (bicyclic) bond motifs is 1. The molecule has 0 radical (unpaired) electrons. The second-order valence-corrected chi connectivity index (χ2v) is 7.98. The Hall–Kier alpha value is -3.40. The number of nitrogens with zero attached hydrogens (tertiary/aromatic N) is 4. The number of hydrogen-bond donors (Lipinski definition) is 7. The number of methoxy groups -OCH3 is 1. The number of anilines is 1. The lowest BCUT2D eigenvalue weighted by Crippen LogP contribution is -2.46. The zero-order valence-corrected chi connectivity index (χ0v) is 19.6. The van der Waals surface area contributed by atoms with Gasteiger partial charge in [-0.2, -0.15) is 9.97 Å². The Morgan fingerprint density at radius 1 is 1.11 bits per heavy atom. The number of ether oxygens (including phenoxy) is 2. The van der Waals surface area contributed by atoms with E-state index in [-0.39, 0.29) is 31.5 Å². The van der Waals surface area contributed by atoms with Crippen LogP contribution in [0, 0.1) is 0 Å². The maximum Gasteiger partial charge on any atom is 0.328 e. The zero-order chi connectivity index (χ0) is 26.2. The monoisotopic (exact) mass is 506 g/mol. The van der Waals surface area contributed by atoms with Gasteiger partial charge in [-0.25, -0.2) is 4.79 Å². The quantitative estimate of drug-likeness (QED) is 0.0971. The highest BCUT2D eigenvalue weighted by molar-refractivity contribution is 5.81. The first kappa shape index (κ1) is 27.2. The second-order valence-electron chi connectivity index (χ2n) is 7.98. The Bertz CT molecular complexity index is 1210. The molecule has 0 saturated carbocycles. The van der Waals surface area contributed by atoms with Crippen LogP contribution in [-0.4, -0.2) is 103 Å². The third-order valence-electron chi connectivity index (χ3n) is 5.33. The Labute approximate surface area is 205 Å². The number of rotatable bonds is 13. The lowest BCUT2D eigenvalue weighted by Gasteiger charge is -2.23. The van der Waals surface area contributed by atoms with Gasteiger partial charge in [-0.3, -0.25) is 9.56 Å². The van der Waals surface area contributed by atoms with Crippen molar-refractivity contribution in [1.29, 1.82) is 0 Å². The zero-order valence-electron chi connectivity index (χ0n) is 19.6. The van der Waals surface area contributed by atoms with Crippen LogP contribution in [-0.2, 0) is 17.8 Å². The van der Waals surface area contributed by atoms with Crippen LogP contribution in [0.2, 0.25) is 0 Å². The van der Waals surface area contributed by atoms with Crippen LogP contribution in [0.25, 0.3) is 11.2 Å². The van der Waals surface area contributed by atoms with Crippen molar-refractivity contribution in [3.05, 3.63) is 45.9 Å². The van der Waals surface area contributed by atoms with Crippen LogP contribution in [0.15, 0.2) is 34.1 Å². The Kier molecular flexibility index (Phi) is 9.46. The van der Waals surface area contributed by atoms with E-state index in [0.717, 1.165) is 17.3 Å². The number of aliphatic imine (C=N–C) groups is 1. The summed E-state index contributed by atoms with van der Waals surface area (Å²) >= 11 is 0. The van der Waals surface area contributed by atoms with Gasteiger partial charge in [-0.05, 0) is 11.1 Å². The number of aromatic nitrogens is 4. The molecule has 3 rings (SSSR count). The van der Waals surface area contributed by atoms with Crippen LogP contribution >= 0.6 is 0 Å². The predicted octanol–water partition coefficient (Wildman–Crippen LogP) is -2.22. The van der Waals surface area contributed by atoms with Crippen LogP contribution in [0.3, 0.4) is 0 Å². The second kappa shape index (κ2) is 12.5. The fraction of sp³-hybridized carbons (Fsp3) is 0.455. The highest BCUT2D eigenvalue weighted by Crippen LogP contribution is 2.19. The van der Waals surface area contributed by atoms with E-state index < -0.39 is 36.7 Å². The van der Waals surface area contributed by atoms with Gasteiger partial charge in [-0.15, -0.1) is 0 Å². The Morgan fingerprint density at radius 3 is 2.47 bits per heavy atom. The van der Waals surface area contributed by atoms with Gasteiger partial charge in [0.2, 0.25) is 0 Å². The molecule has 0 bridgehead atoms. The molecule has 0 aliphatic heterocycles. The van der Waals surface area contributed by atoms with Crippen molar-refractivity contribution in [2.45, 2.75) is 37.5 Å². The summed E-state index contributed by atoms with van der Waals surface area (Å²) in [6.45, 7) is 0.171.